The summed E-state index contributed by atoms with van der Waals surface area (Å²) in [6.45, 7) is 1.65. The zero-order valence-electron chi connectivity index (χ0n) is 14.9. The van der Waals surface area contributed by atoms with Crippen LogP contribution in [0, 0.1) is 0 Å². The normalized spacial score (nSPS) is 15.5. The van der Waals surface area contributed by atoms with Gasteiger partial charge in [0.2, 0.25) is 11.1 Å². The van der Waals surface area contributed by atoms with Crippen molar-refractivity contribution in [1.82, 2.24) is 25.1 Å². The van der Waals surface area contributed by atoms with Crippen LogP contribution in [0.4, 0.5) is 0 Å². The molecule has 0 unspecified atom stereocenters. The van der Waals surface area contributed by atoms with Crippen molar-refractivity contribution < 1.29 is 4.79 Å². The molecule has 0 saturated carbocycles. The number of nitrogens with zero attached hydrogens (tertiary/aromatic N) is 5. The summed E-state index contributed by atoms with van der Waals surface area (Å²) < 4.78 is 1.68. The highest BCUT2D eigenvalue weighted by Gasteiger charge is 2.29. The van der Waals surface area contributed by atoms with Crippen LogP contribution >= 0.6 is 11.8 Å². The fraction of sp³-hybridized carbons (Fsp3) is 0.300. The van der Waals surface area contributed by atoms with Gasteiger partial charge in [-0.1, -0.05) is 60.3 Å². The molecule has 1 amide bonds. The van der Waals surface area contributed by atoms with Crippen LogP contribution in [0.1, 0.15) is 30.1 Å². The van der Waals surface area contributed by atoms with Crippen LogP contribution in [0.15, 0.2) is 65.8 Å². The number of piperidine rings is 1. The fourth-order valence-corrected chi connectivity index (χ4v) is 4.34. The number of benzene rings is 2. The molecule has 3 aromatic rings. The van der Waals surface area contributed by atoms with Gasteiger partial charge in [0.15, 0.2) is 0 Å². The molecule has 0 spiro atoms. The van der Waals surface area contributed by atoms with Gasteiger partial charge in [-0.2, -0.15) is 4.68 Å². The number of likely N-dealkylation sites (tertiary alicyclic amines) is 1. The summed E-state index contributed by atoms with van der Waals surface area (Å²) in [7, 11) is 0. The Morgan fingerprint density at radius 2 is 1.59 bits per heavy atom. The molecule has 138 valence electrons. The molecule has 4 rings (SSSR count). The van der Waals surface area contributed by atoms with E-state index < -0.39 is 0 Å². The van der Waals surface area contributed by atoms with E-state index in [1.54, 1.807) is 4.68 Å². The average molecular weight is 379 g/mol. The minimum atomic E-state index is -0.363. The van der Waals surface area contributed by atoms with Crippen LogP contribution in [0.5, 0.6) is 0 Å². The molecule has 6 nitrogen and oxygen atoms in total. The molecule has 2 heterocycles. The van der Waals surface area contributed by atoms with Gasteiger partial charge in [0.25, 0.3) is 0 Å². The molecule has 1 aromatic heterocycles. The minimum Gasteiger partial charge on any atom is -0.341 e. The van der Waals surface area contributed by atoms with Gasteiger partial charge in [-0.3, -0.25) is 4.79 Å². The second-order valence-corrected chi connectivity index (χ2v) is 7.58. The third-order valence-electron chi connectivity index (χ3n) is 4.66. The fourth-order valence-electron chi connectivity index (χ4n) is 3.26. The van der Waals surface area contributed by atoms with Gasteiger partial charge in [0.05, 0.1) is 5.69 Å². The van der Waals surface area contributed by atoms with E-state index in [9.17, 15) is 4.79 Å². The van der Waals surface area contributed by atoms with E-state index in [0.29, 0.717) is 5.16 Å². The summed E-state index contributed by atoms with van der Waals surface area (Å²) >= 11 is 1.41. The highest BCUT2D eigenvalue weighted by atomic mass is 32.2. The monoisotopic (exact) mass is 379 g/mol. The molecule has 27 heavy (non-hydrogen) atoms. The van der Waals surface area contributed by atoms with E-state index in [1.165, 1.54) is 18.2 Å². The van der Waals surface area contributed by atoms with Crippen LogP contribution in [-0.2, 0) is 4.79 Å². The lowest BCUT2D eigenvalue weighted by atomic mass is 10.1. The summed E-state index contributed by atoms with van der Waals surface area (Å²) in [6, 6.07) is 19.6. The molecule has 7 heteroatoms. The Hall–Kier alpha value is -2.67. The number of rotatable bonds is 5. The molecule has 1 atom stereocenters. The first-order valence-corrected chi connectivity index (χ1v) is 10.0. The van der Waals surface area contributed by atoms with Crippen molar-refractivity contribution in [3.63, 3.8) is 0 Å². The van der Waals surface area contributed by atoms with Crippen molar-refractivity contribution in [1.29, 1.82) is 0 Å². The lowest BCUT2D eigenvalue weighted by molar-refractivity contribution is -0.131. The van der Waals surface area contributed by atoms with E-state index in [0.717, 1.165) is 37.2 Å². The van der Waals surface area contributed by atoms with Crippen LogP contribution in [-0.4, -0.2) is 44.1 Å². The van der Waals surface area contributed by atoms with Crippen molar-refractivity contribution in [3.05, 3.63) is 66.2 Å². The second-order valence-electron chi connectivity index (χ2n) is 6.50. The molecule has 1 aliphatic heterocycles. The van der Waals surface area contributed by atoms with Gasteiger partial charge >= 0.3 is 0 Å². The van der Waals surface area contributed by atoms with Crippen molar-refractivity contribution in [2.45, 2.75) is 29.7 Å². The Balaban J connectivity index is 1.64. The quantitative estimate of drug-likeness (QED) is 0.635. The number of thioether (sulfide) groups is 1. The maximum atomic E-state index is 13.3. The summed E-state index contributed by atoms with van der Waals surface area (Å²) in [4.78, 5) is 15.3. The smallest absolute Gasteiger partial charge is 0.240 e. The molecule has 2 aromatic carbocycles. The first-order chi connectivity index (χ1) is 13.3. The van der Waals surface area contributed by atoms with Crippen molar-refractivity contribution >= 4 is 17.7 Å². The molecule has 1 aliphatic rings. The predicted octanol–water partition coefficient (Wildman–Crippen LogP) is 3.51. The Bertz CT molecular complexity index is 878. The van der Waals surface area contributed by atoms with E-state index >= 15 is 0 Å². The molecule has 0 bridgehead atoms. The van der Waals surface area contributed by atoms with E-state index in [1.807, 2.05) is 65.6 Å². The van der Waals surface area contributed by atoms with Gasteiger partial charge in [-0.15, -0.1) is 5.10 Å². The third kappa shape index (κ3) is 4.03. The van der Waals surface area contributed by atoms with Gasteiger partial charge in [0, 0.05) is 13.1 Å². The van der Waals surface area contributed by atoms with E-state index in [2.05, 4.69) is 15.5 Å². The highest BCUT2D eigenvalue weighted by molar-refractivity contribution is 8.00. The van der Waals surface area contributed by atoms with Crippen LogP contribution < -0.4 is 0 Å². The average Bonchev–Trinajstić information content (AvgIpc) is 3.22. The number of carbonyl (C=O) groups excluding carboxylic acids is 1. The summed E-state index contributed by atoms with van der Waals surface area (Å²) in [6.07, 6.45) is 3.33. The zero-order valence-corrected chi connectivity index (χ0v) is 15.8. The highest BCUT2D eigenvalue weighted by Crippen LogP contribution is 2.36. The maximum absolute atomic E-state index is 13.3. The van der Waals surface area contributed by atoms with Crippen molar-refractivity contribution in [3.8, 4) is 5.69 Å². The molecular weight excluding hydrogens is 358 g/mol. The molecule has 1 fully saturated rings. The number of tetrazole rings is 1. The Labute approximate surface area is 162 Å². The number of para-hydroxylation sites is 1. The Morgan fingerprint density at radius 1 is 0.926 bits per heavy atom. The molecule has 0 aliphatic carbocycles. The minimum absolute atomic E-state index is 0.133. The summed E-state index contributed by atoms with van der Waals surface area (Å²) in [5.41, 5.74) is 1.85. The first kappa shape index (κ1) is 17.7. The maximum Gasteiger partial charge on any atom is 0.240 e. The third-order valence-corrected chi connectivity index (χ3v) is 5.83. The topological polar surface area (TPSA) is 63.9 Å². The van der Waals surface area contributed by atoms with Crippen molar-refractivity contribution in [2.75, 3.05) is 13.1 Å². The largest absolute Gasteiger partial charge is 0.341 e. The Morgan fingerprint density at radius 3 is 2.30 bits per heavy atom. The van der Waals surface area contributed by atoms with Gasteiger partial charge in [-0.05, 0) is 47.4 Å². The lowest BCUT2D eigenvalue weighted by Crippen LogP contribution is -2.38. The lowest BCUT2D eigenvalue weighted by Gasteiger charge is -2.30. The van der Waals surface area contributed by atoms with Crippen LogP contribution in [0.2, 0.25) is 0 Å². The summed E-state index contributed by atoms with van der Waals surface area (Å²) in [5.74, 6) is 0.133. The summed E-state index contributed by atoms with van der Waals surface area (Å²) in [5, 5.41) is 12.4. The molecular formula is C20H21N5OS. The van der Waals surface area contributed by atoms with Gasteiger partial charge in [0.1, 0.15) is 5.25 Å². The van der Waals surface area contributed by atoms with Gasteiger partial charge < -0.3 is 4.90 Å². The van der Waals surface area contributed by atoms with E-state index in [4.69, 9.17) is 0 Å². The number of aromatic nitrogens is 4. The molecule has 0 radical (unpaired) electrons. The van der Waals surface area contributed by atoms with Crippen LogP contribution in [0.3, 0.4) is 0 Å². The second kappa shape index (κ2) is 8.35. The number of carbonyl (C=O) groups is 1. The molecule has 0 N–H and O–H groups in total. The standard InChI is InChI=1S/C20H21N5OS/c26-19(24-14-8-3-9-15-24)18(16-10-4-1-5-11-16)27-20-21-22-23-25(20)17-12-6-2-7-13-17/h1-2,4-7,10-13,18H,3,8-9,14-15H2/t18-/m0/s1. The Kier molecular flexibility index (Phi) is 5.48. The zero-order chi connectivity index (χ0) is 18.5. The van der Waals surface area contributed by atoms with Crippen molar-refractivity contribution in [2.24, 2.45) is 0 Å². The number of amides is 1. The predicted molar refractivity (Wildman–Crippen MR) is 105 cm³/mol. The van der Waals surface area contributed by atoms with Crippen LogP contribution in [0.25, 0.3) is 5.69 Å². The SMILES string of the molecule is O=C([C@@H](Sc1nnnn1-c1ccccc1)c1ccccc1)N1CCCCC1. The van der Waals surface area contributed by atoms with Gasteiger partial charge in [-0.25, -0.2) is 0 Å². The first-order valence-electron chi connectivity index (χ1n) is 9.17. The number of hydrogen-bond acceptors (Lipinski definition) is 5. The molecule has 1 saturated heterocycles. The van der Waals surface area contributed by atoms with E-state index in [-0.39, 0.29) is 11.2 Å². The number of hydrogen-bond donors (Lipinski definition) is 0.